The molecule has 102 valence electrons. The second-order valence-corrected chi connectivity index (χ2v) is 5.69. The molecule has 0 spiro atoms. The Hall–Kier alpha value is -0.590. The molecule has 0 aromatic carbocycles. The molecule has 18 heavy (non-hydrogen) atoms. The summed E-state index contributed by atoms with van der Waals surface area (Å²) >= 11 is 1.59. The van der Waals surface area contributed by atoms with Crippen molar-refractivity contribution in [1.82, 2.24) is 5.32 Å². The fraction of sp³-hybridized carbons (Fsp3) is 0.667. The van der Waals surface area contributed by atoms with E-state index in [2.05, 4.69) is 5.32 Å². The lowest BCUT2D eigenvalue weighted by atomic mass is 10.4. The van der Waals surface area contributed by atoms with Gasteiger partial charge in [0.1, 0.15) is 0 Å². The molecule has 0 bridgehead atoms. The van der Waals surface area contributed by atoms with Gasteiger partial charge in [0.05, 0.1) is 19.6 Å². The Kier molecular flexibility index (Phi) is 4.64. The normalized spacial score (nSPS) is 16.2. The van der Waals surface area contributed by atoms with Crippen LogP contribution in [0.3, 0.4) is 0 Å². The topological polar surface area (TPSA) is 21.3 Å². The molecule has 1 aromatic heterocycles. The van der Waals surface area contributed by atoms with Crippen LogP contribution in [0.4, 0.5) is 13.2 Å². The predicted molar refractivity (Wildman–Crippen MR) is 64.5 cm³/mol. The first-order valence-corrected chi connectivity index (χ1v) is 6.80. The molecule has 1 fully saturated rings. The molecule has 1 aromatic rings. The molecule has 1 aliphatic rings. The molecule has 2 nitrogen and oxygen atoms in total. The Bertz CT molecular complexity index is 374. The quantitative estimate of drug-likeness (QED) is 0.772. The molecule has 6 heteroatoms. The first-order chi connectivity index (χ1) is 8.53. The lowest BCUT2D eigenvalue weighted by Gasteiger charge is -2.06. The molecule has 1 aliphatic carbocycles. The largest absolute Gasteiger partial charge is 0.391 e. The summed E-state index contributed by atoms with van der Waals surface area (Å²) in [5.41, 5.74) is 0. The Labute approximate surface area is 108 Å². The van der Waals surface area contributed by atoms with Crippen molar-refractivity contribution in [3.05, 3.63) is 21.9 Å². The number of ether oxygens (including phenoxy) is 1. The van der Waals surface area contributed by atoms with Crippen molar-refractivity contribution >= 4 is 11.3 Å². The molecule has 2 rings (SSSR count). The first kappa shape index (κ1) is 13.8. The third-order valence-electron chi connectivity index (χ3n) is 2.63. The highest BCUT2D eigenvalue weighted by Crippen LogP contribution is 2.23. The maximum atomic E-state index is 11.9. The average molecular weight is 279 g/mol. The summed E-state index contributed by atoms with van der Waals surface area (Å²) in [4.78, 5) is 2.18. The molecule has 0 amide bonds. The fourth-order valence-corrected chi connectivity index (χ4v) is 2.39. The van der Waals surface area contributed by atoms with E-state index in [0.29, 0.717) is 6.04 Å². The Balaban J connectivity index is 1.63. The van der Waals surface area contributed by atoms with Crippen LogP contribution in [0, 0.1) is 0 Å². The summed E-state index contributed by atoms with van der Waals surface area (Å²) in [6, 6.07) is 4.59. The standard InChI is InChI=1S/C12H16F3NOS/c13-12(14,15)5-6-17-8-11-4-3-10(18-11)7-16-9-1-2-9/h3-4,9,16H,1-2,5-8H2. The zero-order valence-corrected chi connectivity index (χ0v) is 10.7. The highest BCUT2D eigenvalue weighted by Gasteiger charge is 2.26. The summed E-state index contributed by atoms with van der Waals surface area (Å²) in [5, 5.41) is 3.39. The third-order valence-corrected chi connectivity index (χ3v) is 3.69. The number of hydrogen-bond acceptors (Lipinski definition) is 3. The number of nitrogens with one attached hydrogen (secondary N) is 1. The number of rotatable bonds is 7. The Morgan fingerprint density at radius 2 is 2.00 bits per heavy atom. The van der Waals surface area contributed by atoms with Crippen molar-refractivity contribution in [2.45, 2.75) is 44.6 Å². The van der Waals surface area contributed by atoms with E-state index in [1.807, 2.05) is 12.1 Å². The van der Waals surface area contributed by atoms with Crippen LogP contribution < -0.4 is 5.32 Å². The molecule has 0 atom stereocenters. The second-order valence-electron chi connectivity index (χ2n) is 4.44. The summed E-state index contributed by atoms with van der Waals surface area (Å²) in [5.74, 6) is 0. The average Bonchev–Trinajstić information content (AvgIpc) is 3.00. The Morgan fingerprint density at radius 3 is 2.67 bits per heavy atom. The molecular weight excluding hydrogens is 263 g/mol. The van der Waals surface area contributed by atoms with Crippen LogP contribution in [-0.2, 0) is 17.9 Å². The van der Waals surface area contributed by atoms with Gasteiger partial charge >= 0.3 is 6.18 Å². The van der Waals surface area contributed by atoms with Crippen LogP contribution in [0.2, 0.25) is 0 Å². The number of hydrogen-bond donors (Lipinski definition) is 1. The summed E-state index contributed by atoms with van der Waals surface area (Å²) in [6.45, 7) is 0.846. The van der Waals surface area contributed by atoms with Crippen molar-refractivity contribution in [2.75, 3.05) is 6.61 Å². The van der Waals surface area contributed by atoms with Crippen LogP contribution in [0.5, 0.6) is 0 Å². The van der Waals surface area contributed by atoms with Gasteiger partial charge in [-0.2, -0.15) is 13.2 Å². The van der Waals surface area contributed by atoms with Crippen LogP contribution in [0.15, 0.2) is 12.1 Å². The van der Waals surface area contributed by atoms with Gasteiger partial charge < -0.3 is 10.1 Å². The van der Waals surface area contributed by atoms with Gasteiger partial charge in [-0.1, -0.05) is 0 Å². The number of halogens is 3. The maximum Gasteiger partial charge on any atom is 0.391 e. The maximum absolute atomic E-state index is 11.9. The molecular formula is C12H16F3NOS. The molecule has 1 saturated carbocycles. The van der Waals surface area contributed by atoms with Crippen LogP contribution >= 0.6 is 11.3 Å². The van der Waals surface area contributed by atoms with E-state index in [-0.39, 0.29) is 13.2 Å². The third kappa shape index (κ3) is 5.37. The lowest BCUT2D eigenvalue weighted by Crippen LogP contribution is -2.14. The highest BCUT2D eigenvalue weighted by atomic mass is 32.1. The van der Waals surface area contributed by atoms with Gasteiger partial charge in [0.25, 0.3) is 0 Å². The van der Waals surface area contributed by atoms with E-state index in [1.165, 1.54) is 17.7 Å². The van der Waals surface area contributed by atoms with E-state index in [1.54, 1.807) is 11.3 Å². The fourth-order valence-electron chi connectivity index (χ4n) is 1.49. The highest BCUT2D eigenvalue weighted by molar-refractivity contribution is 7.11. The molecule has 1 heterocycles. The minimum Gasteiger partial charge on any atom is -0.376 e. The monoisotopic (exact) mass is 279 g/mol. The van der Waals surface area contributed by atoms with E-state index in [4.69, 9.17) is 4.74 Å². The summed E-state index contributed by atoms with van der Waals surface area (Å²) < 4.78 is 40.7. The first-order valence-electron chi connectivity index (χ1n) is 5.98. The van der Waals surface area contributed by atoms with Gasteiger partial charge in [0, 0.05) is 22.3 Å². The van der Waals surface area contributed by atoms with E-state index in [0.717, 1.165) is 11.4 Å². The Morgan fingerprint density at radius 1 is 1.28 bits per heavy atom. The molecule has 0 saturated heterocycles. The van der Waals surface area contributed by atoms with E-state index in [9.17, 15) is 13.2 Å². The van der Waals surface area contributed by atoms with Crippen LogP contribution in [0.25, 0.3) is 0 Å². The summed E-state index contributed by atoms with van der Waals surface area (Å²) in [7, 11) is 0. The second kappa shape index (κ2) is 6.04. The van der Waals surface area contributed by atoms with Gasteiger partial charge in [0.2, 0.25) is 0 Å². The van der Waals surface area contributed by atoms with Crippen molar-refractivity contribution in [3.63, 3.8) is 0 Å². The molecule has 0 unspecified atom stereocenters. The van der Waals surface area contributed by atoms with Gasteiger partial charge in [-0.3, -0.25) is 0 Å². The van der Waals surface area contributed by atoms with Gasteiger partial charge in [0.15, 0.2) is 0 Å². The summed E-state index contributed by atoms with van der Waals surface area (Å²) in [6.07, 6.45) is -2.51. The zero-order valence-electron chi connectivity index (χ0n) is 9.93. The predicted octanol–water partition coefficient (Wildman–Crippen LogP) is 3.47. The molecule has 0 aliphatic heterocycles. The van der Waals surface area contributed by atoms with Crippen LogP contribution in [0.1, 0.15) is 29.0 Å². The molecule has 0 radical (unpaired) electrons. The van der Waals surface area contributed by atoms with Crippen molar-refractivity contribution in [1.29, 1.82) is 0 Å². The SMILES string of the molecule is FC(F)(F)CCOCc1ccc(CNC2CC2)s1. The minimum absolute atomic E-state index is 0.267. The molecule has 1 N–H and O–H groups in total. The van der Waals surface area contributed by atoms with E-state index < -0.39 is 12.6 Å². The van der Waals surface area contributed by atoms with Crippen molar-refractivity contribution in [3.8, 4) is 0 Å². The van der Waals surface area contributed by atoms with Gasteiger partial charge in [-0.15, -0.1) is 11.3 Å². The smallest absolute Gasteiger partial charge is 0.376 e. The number of thiophene rings is 1. The van der Waals surface area contributed by atoms with Crippen molar-refractivity contribution < 1.29 is 17.9 Å². The zero-order chi connectivity index (χ0) is 13.0. The van der Waals surface area contributed by atoms with Gasteiger partial charge in [-0.05, 0) is 25.0 Å². The van der Waals surface area contributed by atoms with Crippen LogP contribution in [-0.4, -0.2) is 18.8 Å². The van der Waals surface area contributed by atoms with Gasteiger partial charge in [-0.25, -0.2) is 0 Å². The number of alkyl halides is 3. The lowest BCUT2D eigenvalue weighted by molar-refractivity contribution is -0.145. The van der Waals surface area contributed by atoms with Crippen molar-refractivity contribution in [2.24, 2.45) is 0 Å². The minimum atomic E-state index is -4.13. The van der Waals surface area contributed by atoms with E-state index >= 15 is 0 Å².